The van der Waals surface area contributed by atoms with Gasteiger partial charge in [0.05, 0.1) is 4.92 Å². The number of nitro groups is 1. The minimum Gasteiger partial charge on any atom is -0.477 e. The number of ether oxygens (including phenoxy) is 1. The van der Waals surface area contributed by atoms with Gasteiger partial charge in [0.2, 0.25) is 0 Å². The second-order valence-electron chi connectivity index (χ2n) is 6.89. The fourth-order valence-electron chi connectivity index (χ4n) is 3.13. The third-order valence-electron chi connectivity index (χ3n) is 4.51. The number of nitrogens with zero attached hydrogens (tertiary/aromatic N) is 2. The summed E-state index contributed by atoms with van der Waals surface area (Å²) < 4.78 is 5.27. The van der Waals surface area contributed by atoms with Crippen LogP contribution in [-0.4, -0.2) is 23.1 Å². The van der Waals surface area contributed by atoms with Crippen molar-refractivity contribution in [2.24, 2.45) is 22.9 Å². The van der Waals surface area contributed by atoms with Gasteiger partial charge in [-0.05, 0) is 37.2 Å². The van der Waals surface area contributed by atoms with Crippen LogP contribution in [0.1, 0.15) is 40.0 Å². The van der Waals surface area contributed by atoms with Crippen LogP contribution in [0.25, 0.3) is 0 Å². The first kappa shape index (κ1) is 18.9. The van der Waals surface area contributed by atoms with Gasteiger partial charge in [0, 0.05) is 17.7 Å². The van der Waals surface area contributed by atoms with Gasteiger partial charge < -0.3 is 4.74 Å². The van der Waals surface area contributed by atoms with Crippen LogP contribution in [0.15, 0.2) is 29.4 Å². The highest BCUT2D eigenvalue weighted by Crippen LogP contribution is 2.31. The van der Waals surface area contributed by atoms with Crippen molar-refractivity contribution in [1.82, 2.24) is 5.43 Å². The van der Waals surface area contributed by atoms with E-state index in [0.29, 0.717) is 17.8 Å². The lowest BCUT2D eigenvalue weighted by atomic mass is 9.76. The Kier molecular flexibility index (Phi) is 6.50. The molecule has 0 bridgehead atoms. The molecule has 1 aromatic carbocycles. The van der Waals surface area contributed by atoms with E-state index in [1.54, 1.807) is 12.1 Å². The predicted molar refractivity (Wildman–Crippen MR) is 95.5 cm³/mol. The van der Waals surface area contributed by atoms with Gasteiger partial charge in [-0.2, -0.15) is 5.10 Å². The number of hydrogen-bond acceptors (Lipinski definition) is 5. The number of carbonyl (C=O) groups excluding carboxylic acids is 1. The van der Waals surface area contributed by atoms with Crippen molar-refractivity contribution in [3.63, 3.8) is 0 Å². The molecular formula is C18H25N3O4. The summed E-state index contributed by atoms with van der Waals surface area (Å²) in [7, 11) is 0. The molecule has 1 aliphatic carbocycles. The van der Waals surface area contributed by atoms with Gasteiger partial charge in [-0.3, -0.25) is 14.9 Å². The number of nitro benzene ring substituents is 1. The van der Waals surface area contributed by atoms with Gasteiger partial charge in [-0.15, -0.1) is 0 Å². The Labute approximate surface area is 147 Å². The van der Waals surface area contributed by atoms with E-state index in [2.05, 4.69) is 31.3 Å². The number of benzene rings is 1. The van der Waals surface area contributed by atoms with E-state index < -0.39 is 10.8 Å². The highest BCUT2D eigenvalue weighted by Gasteiger charge is 2.27. The third kappa shape index (κ3) is 5.27. The predicted octanol–water partition coefficient (Wildman–Crippen LogP) is 3.54. The Morgan fingerprint density at radius 1 is 1.40 bits per heavy atom. The zero-order valence-corrected chi connectivity index (χ0v) is 14.9. The highest BCUT2D eigenvalue weighted by atomic mass is 16.6. The first-order valence-electron chi connectivity index (χ1n) is 8.60. The van der Waals surface area contributed by atoms with Crippen LogP contribution in [0.5, 0.6) is 5.75 Å². The van der Waals surface area contributed by atoms with Crippen LogP contribution in [0.4, 0.5) is 5.69 Å². The fourth-order valence-corrected chi connectivity index (χ4v) is 3.13. The number of rotatable bonds is 6. The molecule has 1 aliphatic rings. The average Bonchev–Trinajstić information content (AvgIpc) is 2.58. The molecule has 0 radical (unpaired) electrons. The van der Waals surface area contributed by atoms with E-state index in [9.17, 15) is 14.9 Å². The average molecular weight is 347 g/mol. The lowest BCUT2D eigenvalue weighted by Gasteiger charge is -2.30. The van der Waals surface area contributed by atoms with Crippen LogP contribution in [0, 0.1) is 27.9 Å². The van der Waals surface area contributed by atoms with E-state index in [0.717, 1.165) is 18.6 Å². The molecule has 1 saturated carbocycles. The third-order valence-corrected chi connectivity index (χ3v) is 4.51. The maximum atomic E-state index is 12.0. The van der Waals surface area contributed by atoms with E-state index in [1.165, 1.54) is 18.6 Å². The summed E-state index contributed by atoms with van der Waals surface area (Å²) in [5.41, 5.74) is 3.39. The SMILES string of the molecule is CC(C)[C@H]1CC[C@@H](C)C/C1=N/NC(=O)COc1ccccc1[N+](=O)[O-]. The molecule has 2 rings (SSSR count). The Bertz CT molecular complexity index is 657. The molecule has 25 heavy (non-hydrogen) atoms. The molecule has 7 heteroatoms. The minimum absolute atomic E-state index is 0.0710. The summed E-state index contributed by atoms with van der Waals surface area (Å²) in [6.07, 6.45) is 3.14. The summed E-state index contributed by atoms with van der Waals surface area (Å²) in [6, 6.07) is 5.98. The molecule has 7 nitrogen and oxygen atoms in total. The summed E-state index contributed by atoms with van der Waals surface area (Å²) >= 11 is 0. The Morgan fingerprint density at radius 2 is 2.12 bits per heavy atom. The first-order chi connectivity index (χ1) is 11.9. The zero-order chi connectivity index (χ0) is 18.4. The smallest absolute Gasteiger partial charge is 0.310 e. The van der Waals surface area contributed by atoms with Crippen LogP contribution >= 0.6 is 0 Å². The normalized spacial score (nSPS) is 22.0. The molecule has 136 valence electrons. The van der Waals surface area contributed by atoms with Gasteiger partial charge >= 0.3 is 5.69 Å². The minimum atomic E-state index is -0.538. The largest absolute Gasteiger partial charge is 0.477 e. The van der Waals surface area contributed by atoms with E-state index >= 15 is 0 Å². The maximum Gasteiger partial charge on any atom is 0.310 e. The quantitative estimate of drug-likeness (QED) is 0.629. The molecule has 0 unspecified atom stereocenters. The molecule has 0 spiro atoms. The summed E-state index contributed by atoms with van der Waals surface area (Å²) in [5, 5.41) is 15.2. The topological polar surface area (TPSA) is 93.8 Å². The summed E-state index contributed by atoms with van der Waals surface area (Å²) in [5.74, 6) is 1.07. The number of amides is 1. The lowest BCUT2D eigenvalue weighted by Crippen LogP contribution is -2.32. The molecule has 0 heterocycles. The Morgan fingerprint density at radius 3 is 2.80 bits per heavy atom. The van der Waals surface area contributed by atoms with Gasteiger partial charge in [-0.1, -0.05) is 32.9 Å². The van der Waals surface area contributed by atoms with Gasteiger partial charge in [0.15, 0.2) is 12.4 Å². The molecule has 0 aliphatic heterocycles. The molecule has 0 saturated heterocycles. The zero-order valence-electron chi connectivity index (χ0n) is 14.9. The van der Waals surface area contributed by atoms with E-state index in [1.807, 2.05) is 0 Å². The van der Waals surface area contributed by atoms with Crippen molar-refractivity contribution < 1.29 is 14.5 Å². The number of para-hydroxylation sites is 2. The molecular weight excluding hydrogens is 322 g/mol. The van der Waals surface area contributed by atoms with Crippen LogP contribution in [0.2, 0.25) is 0 Å². The van der Waals surface area contributed by atoms with Gasteiger partial charge in [-0.25, -0.2) is 5.43 Å². The van der Waals surface area contributed by atoms with Crippen molar-refractivity contribution in [2.75, 3.05) is 6.61 Å². The summed E-state index contributed by atoms with van der Waals surface area (Å²) in [4.78, 5) is 22.4. The Balaban J connectivity index is 1.95. The number of carbonyl (C=O) groups is 1. The number of nitrogens with one attached hydrogen (secondary N) is 1. The van der Waals surface area contributed by atoms with Crippen LogP contribution in [-0.2, 0) is 4.79 Å². The van der Waals surface area contributed by atoms with Crippen molar-refractivity contribution in [3.05, 3.63) is 34.4 Å². The van der Waals surface area contributed by atoms with Crippen molar-refractivity contribution in [1.29, 1.82) is 0 Å². The first-order valence-corrected chi connectivity index (χ1v) is 8.60. The summed E-state index contributed by atoms with van der Waals surface area (Å²) in [6.45, 7) is 6.19. The van der Waals surface area contributed by atoms with Gasteiger partial charge in [0.25, 0.3) is 5.91 Å². The van der Waals surface area contributed by atoms with Crippen molar-refractivity contribution in [3.8, 4) is 5.75 Å². The Hall–Kier alpha value is -2.44. The van der Waals surface area contributed by atoms with Crippen LogP contribution in [0.3, 0.4) is 0 Å². The number of hydrazone groups is 1. The van der Waals surface area contributed by atoms with E-state index in [-0.39, 0.29) is 18.0 Å². The standard InChI is InChI=1S/C18H25N3O4/c1-12(2)14-9-8-13(3)10-15(14)19-20-18(22)11-25-17-7-5-4-6-16(17)21(23)24/h4-7,12-14H,8-11H2,1-3H3,(H,20,22)/b19-15-/t13-,14-/m1/s1. The van der Waals surface area contributed by atoms with E-state index in [4.69, 9.17) is 4.74 Å². The fraction of sp³-hybridized carbons (Fsp3) is 0.556. The monoisotopic (exact) mass is 347 g/mol. The second kappa shape index (κ2) is 8.60. The second-order valence-corrected chi connectivity index (χ2v) is 6.89. The maximum absolute atomic E-state index is 12.0. The molecule has 2 atom stereocenters. The lowest BCUT2D eigenvalue weighted by molar-refractivity contribution is -0.385. The molecule has 1 N–H and O–H groups in total. The van der Waals surface area contributed by atoms with Crippen molar-refractivity contribution >= 4 is 17.3 Å². The molecule has 1 amide bonds. The molecule has 0 aromatic heterocycles. The van der Waals surface area contributed by atoms with Gasteiger partial charge in [0.1, 0.15) is 0 Å². The highest BCUT2D eigenvalue weighted by molar-refractivity contribution is 5.89. The number of hydrogen-bond donors (Lipinski definition) is 1. The van der Waals surface area contributed by atoms with Crippen molar-refractivity contribution in [2.45, 2.75) is 40.0 Å². The molecule has 1 fully saturated rings. The van der Waals surface area contributed by atoms with Crippen LogP contribution < -0.4 is 10.2 Å². The molecule has 1 aromatic rings.